The molecular formula is C21H42N2O5Si2. The molecule has 9 heteroatoms. The number of nitrogens with one attached hydrogen (secondary N) is 1. The number of aryl methyl sites for hydroxylation is 1. The monoisotopic (exact) mass is 458 g/mol. The molecule has 1 N–H and O–H groups in total. The molecule has 0 saturated carbocycles. The van der Waals surface area contributed by atoms with E-state index in [4.69, 9.17) is 13.6 Å². The molecule has 1 aromatic rings. The molecule has 0 fully saturated rings. The van der Waals surface area contributed by atoms with Crippen molar-refractivity contribution in [3.63, 3.8) is 0 Å². The molecule has 0 bridgehead atoms. The second-order valence-electron chi connectivity index (χ2n) is 11.1. The maximum absolute atomic E-state index is 12.0. The summed E-state index contributed by atoms with van der Waals surface area (Å²) in [4.78, 5) is 25.8. The quantitative estimate of drug-likeness (QED) is 0.560. The van der Waals surface area contributed by atoms with E-state index in [9.17, 15) is 9.59 Å². The van der Waals surface area contributed by atoms with Gasteiger partial charge >= 0.3 is 5.69 Å². The lowest BCUT2D eigenvalue weighted by Gasteiger charge is -2.41. The summed E-state index contributed by atoms with van der Waals surface area (Å²) < 4.78 is 20.2. The highest BCUT2D eigenvalue weighted by molar-refractivity contribution is 6.74. The van der Waals surface area contributed by atoms with Crippen LogP contribution in [0, 0.1) is 6.92 Å². The Morgan fingerprint density at radius 1 is 0.967 bits per heavy atom. The number of nitrogens with zero attached hydrogens (tertiary/aromatic N) is 1. The summed E-state index contributed by atoms with van der Waals surface area (Å²) in [5.41, 5.74) is -0.392. The third kappa shape index (κ3) is 7.30. The molecule has 0 saturated heterocycles. The Morgan fingerprint density at radius 3 is 2.00 bits per heavy atom. The Kier molecular flexibility index (Phi) is 8.69. The van der Waals surface area contributed by atoms with Crippen LogP contribution in [-0.4, -0.2) is 45.5 Å². The first-order valence-electron chi connectivity index (χ1n) is 10.6. The molecule has 1 unspecified atom stereocenters. The maximum Gasteiger partial charge on any atom is 0.330 e. The fourth-order valence-corrected chi connectivity index (χ4v) is 4.58. The summed E-state index contributed by atoms with van der Waals surface area (Å²) in [7, 11) is -3.96. The number of hydrogen-bond acceptors (Lipinski definition) is 5. The minimum atomic E-state index is -2.03. The van der Waals surface area contributed by atoms with Crippen molar-refractivity contribution in [2.24, 2.45) is 0 Å². The van der Waals surface area contributed by atoms with Gasteiger partial charge in [0.05, 0.1) is 19.3 Å². The minimum Gasteiger partial charge on any atom is -0.414 e. The Bertz CT molecular complexity index is 816. The molecule has 1 aromatic heterocycles. The normalized spacial score (nSPS) is 14.8. The van der Waals surface area contributed by atoms with Crippen LogP contribution < -0.4 is 11.2 Å². The van der Waals surface area contributed by atoms with E-state index in [1.807, 2.05) is 0 Å². The molecule has 0 aliphatic heterocycles. The third-order valence-electron chi connectivity index (χ3n) is 6.43. The first-order valence-corrected chi connectivity index (χ1v) is 16.4. The smallest absolute Gasteiger partial charge is 0.330 e. The van der Waals surface area contributed by atoms with Crippen molar-refractivity contribution in [3.05, 3.63) is 32.6 Å². The molecule has 1 atom stereocenters. The number of aromatic amines is 1. The van der Waals surface area contributed by atoms with Crippen molar-refractivity contribution in [2.45, 2.75) is 97.6 Å². The van der Waals surface area contributed by atoms with Crippen LogP contribution in [0.3, 0.4) is 0 Å². The highest BCUT2D eigenvalue weighted by atomic mass is 28.4. The van der Waals surface area contributed by atoms with E-state index >= 15 is 0 Å². The molecule has 0 radical (unpaired) electrons. The van der Waals surface area contributed by atoms with Crippen molar-refractivity contribution < 1.29 is 13.6 Å². The van der Waals surface area contributed by atoms with Gasteiger partial charge in [0.2, 0.25) is 0 Å². The Hall–Kier alpha value is -1.01. The molecular weight excluding hydrogens is 416 g/mol. The molecule has 7 nitrogen and oxygen atoms in total. The van der Waals surface area contributed by atoms with Gasteiger partial charge in [-0.25, -0.2) is 4.79 Å². The van der Waals surface area contributed by atoms with Crippen molar-refractivity contribution in [1.29, 1.82) is 0 Å². The fraction of sp³-hybridized carbons (Fsp3) is 0.810. The molecule has 0 amide bonds. The largest absolute Gasteiger partial charge is 0.414 e. The SMILES string of the molecule is Cc1cn(COCC(CO[Si](C)(C)C(C)(C)C)O[Si](C)(C)C(C)(C)C)c(=O)[nH]c1=O. The Labute approximate surface area is 183 Å². The lowest BCUT2D eigenvalue weighted by molar-refractivity contribution is -0.0106. The maximum atomic E-state index is 12.0. The summed E-state index contributed by atoms with van der Waals surface area (Å²) in [6.45, 7) is 24.6. The van der Waals surface area contributed by atoms with Crippen LogP contribution in [0.5, 0.6) is 0 Å². The molecule has 1 heterocycles. The van der Waals surface area contributed by atoms with E-state index in [-0.39, 0.29) is 28.5 Å². The van der Waals surface area contributed by atoms with Crippen molar-refractivity contribution >= 4 is 16.6 Å². The van der Waals surface area contributed by atoms with Crippen molar-refractivity contribution in [3.8, 4) is 0 Å². The number of rotatable bonds is 9. The Morgan fingerprint density at radius 2 is 1.50 bits per heavy atom. The number of hydrogen-bond donors (Lipinski definition) is 1. The van der Waals surface area contributed by atoms with E-state index in [2.05, 4.69) is 72.7 Å². The van der Waals surface area contributed by atoms with E-state index in [1.165, 1.54) is 10.8 Å². The average molecular weight is 459 g/mol. The number of ether oxygens (including phenoxy) is 1. The van der Waals surface area contributed by atoms with Gasteiger partial charge in [-0.05, 0) is 43.2 Å². The Balaban J connectivity index is 2.91. The zero-order valence-electron chi connectivity index (χ0n) is 20.8. The molecule has 0 spiro atoms. The van der Waals surface area contributed by atoms with E-state index in [0.29, 0.717) is 18.8 Å². The van der Waals surface area contributed by atoms with Gasteiger partial charge in [0.1, 0.15) is 6.73 Å². The van der Waals surface area contributed by atoms with Crippen molar-refractivity contribution in [1.82, 2.24) is 9.55 Å². The lowest BCUT2D eigenvalue weighted by Crippen LogP contribution is -2.49. The number of aromatic nitrogens is 2. The minimum absolute atomic E-state index is 0.0495. The molecule has 0 aliphatic rings. The molecule has 174 valence electrons. The molecule has 30 heavy (non-hydrogen) atoms. The predicted molar refractivity (Wildman–Crippen MR) is 127 cm³/mol. The fourth-order valence-electron chi connectivity index (χ4n) is 2.22. The van der Waals surface area contributed by atoms with Gasteiger partial charge in [0.25, 0.3) is 5.56 Å². The lowest BCUT2D eigenvalue weighted by atomic mass is 10.2. The van der Waals surface area contributed by atoms with Gasteiger partial charge in [-0.3, -0.25) is 14.3 Å². The van der Waals surface area contributed by atoms with Crippen LogP contribution in [0.25, 0.3) is 0 Å². The van der Waals surface area contributed by atoms with Crippen LogP contribution in [0.15, 0.2) is 15.8 Å². The average Bonchev–Trinajstić information content (AvgIpc) is 2.54. The molecule has 0 aromatic carbocycles. The topological polar surface area (TPSA) is 82.6 Å². The second kappa shape index (κ2) is 9.64. The summed E-state index contributed by atoms with van der Waals surface area (Å²) in [6, 6.07) is 0. The summed E-state index contributed by atoms with van der Waals surface area (Å²) in [5, 5.41) is 0.172. The summed E-state index contributed by atoms with van der Waals surface area (Å²) in [6.07, 6.45) is 1.29. The van der Waals surface area contributed by atoms with Crippen LogP contribution in [0.4, 0.5) is 0 Å². The van der Waals surface area contributed by atoms with Gasteiger partial charge in [0.15, 0.2) is 16.6 Å². The van der Waals surface area contributed by atoms with Gasteiger partial charge < -0.3 is 13.6 Å². The third-order valence-corrected chi connectivity index (χ3v) is 15.5. The van der Waals surface area contributed by atoms with E-state index in [0.717, 1.165) is 0 Å². The summed E-state index contributed by atoms with van der Waals surface area (Å²) >= 11 is 0. The van der Waals surface area contributed by atoms with Crippen molar-refractivity contribution in [2.75, 3.05) is 13.2 Å². The molecule has 1 rings (SSSR count). The van der Waals surface area contributed by atoms with Crippen LogP contribution in [0.2, 0.25) is 36.3 Å². The van der Waals surface area contributed by atoms with Crippen LogP contribution >= 0.6 is 0 Å². The predicted octanol–water partition coefficient (Wildman–Crippen LogP) is 4.23. The zero-order chi connectivity index (χ0) is 23.5. The van der Waals surface area contributed by atoms with E-state index < -0.39 is 22.3 Å². The van der Waals surface area contributed by atoms with E-state index in [1.54, 1.807) is 6.92 Å². The second-order valence-corrected chi connectivity index (χ2v) is 20.7. The highest BCUT2D eigenvalue weighted by Gasteiger charge is 2.41. The molecule has 0 aliphatic carbocycles. The highest BCUT2D eigenvalue weighted by Crippen LogP contribution is 2.39. The first-order chi connectivity index (χ1) is 13.4. The van der Waals surface area contributed by atoms with Gasteiger partial charge in [-0.2, -0.15) is 0 Å². The standard InChI is InChI=1S/C21H42N2O5Si2/c1-16-12-23(19(25)22-18(16)24)15-26-13-17(28-30(10,11)21(5,6)7)14-27-29(8,9)20(2,3)4/h12,17H,13-15H2,1-11H3,(H,22,24,25). The van der Waals surface area contributed by atoms with Crippen LogP contribution in [0.1, 0.15) is 47.1 Å². The zero-order valence-corrected chi connectivity index (χ0v) is 22.8. The van der Waals surface area contributed by atoms with Gasteiger partial charge in [-0.15, -0.1) is 0 Å². The summed E-state index contributed by atoms with van der Waals surface area (Å²) in [5.74, 6) is 0. The first kappa shape index (κ1) is 27.0. The van der Waals surface area contributed by atoms with Crippen LogP contribution in [-0.2, 0) is 20.3 Å². The number of H-pyrrole nitrogens is 1. The van der Waals surface area contributed by atoms with Gasteiger partial charge in [-0.1, -0.05) is 41.5 Å². The van der Waals surface area contributed by atoms with Gasteiger partial charge in [0, 0.05) is 11.8 Å².